The van der Waals surface area contributed by atoms with E-state index in [2.05, 4.69) is 5.73 Å². The third-order valence-corrected chi connectivity index (χ3v) is 1.37. The lowest BCUT2D eigenvalue weighted by molar-refractivity contribution is 0.413. The molecule has 2 nitrogen and oxygen atoms in total. The predicted octanol–water partition coefficient (Wildman–Crippen LogP) is 1.72. The summed E-state index contributed by atoms with van der Waals surface area (Å²) >= 11 is 0. The van der Waals surface area contributed by atoms with Crippen molar-refractivity contribution in [3.8, 4) is 5.75 Å². The lowest BCUT2D eigenvalue weighted by atomic mass is 10.2. The van der Waals surface area contributed by atoms with Crippen LogP contribution in [0.2, 0.25) is 0 Å². The fourth-order valence-electron chi connectivity index (χ4n) is 0.744. The number of aryl methyl sites for hydroxylation is 1. The predicted molar refractivity (Wildman–Crippen MR) is 47.8 cm³/mol. The molecular weight excluding hydrogens is 157 g/mol. The first kappa shape index (κ1) is 10.9. The van der Waals surface area contributed by atoms with E-state index in [9.17, 15) is 4.39 Å². The topological polar surface area (TPSA) is 35.2 Å². The fraction of sp³-hybridized carbons (Fsp3) is 0.333. The molecule has 0 aliphatic carbocycles. The van der Waals surface area contributed by atoms with Crippen molar-refractivity contribution >= 4 is 0 Å². The highest BCUT2D eigenvalue weighted by Crippen LogP contribution is 2.14. The Balaban J connectivity index is 0.000000561. The molecule has 0 aliphatic heterocycles. The zero-order valence-corrected chi connectivity index (χ0v) is 7.60. The van der Waals surface area contributed by atoms with E-state index in [4.69, 9.17) is 4.74 Å². The molecule has 0 aromatic heterocycles. The van der Waals surface area contributed by atoms with Crippen LogP contribution in [0.1, 0.15) is 5.56 Å². The third-order valence-electron chi connectivity index (χ3n) is 1.37. The normalized spacial score (nSPS) is 8.42. The van der Waals surface area contributed by atoms with Crippen LogP contribution in [0.3, 0.4) is 0 Å². The molecule has 12 heavy (non-hydrogen) atoms. The number of methoxy groups -OCH3 is 1. The highest BCUT2D eigenvalue weighted by molar-refractivity contribution is 5.28. The minimum absolute atomic E-state index is 0.194. The first-order chi connectivity index (χ1) is 5.74. The lowest BCUT2D eigenvalue weighted by Crippen LogP contribution is -1.85. The van der Waals surface area contributed by atoms with Crippen LogP contribution in [0.4, 0.5) is 4.39 Å². The van der Waals surface area contributed by atoms with Crippen LogP contribution in [0.5, 0.6) is 5.75 Å². The maximum atomic E-state index is 12.6. The molecule has 0 heterocycles. The number of ether oxygens (including phenoxy) is 1. The Bertz CT molecular complexity index is 238. The van der Waals surface area contributed by atoms with Gasteiger partial charge in [-0.05, 0) is 37.7 Å². The van der Waals surface area contributed by atoms with E-state index < -0.39 is 0 Å². The molecule has 68 valence electrons. The molecule has 1 aromatic rings. The SMILES string of the molecule is CN.COc1ccc(F)c(C)c1. The second kappa shape index (κ2) is 5.55. The van der Waals surface area contributed by atoms with Crippen LogP contribution in [0.15, 0.2) is 18.2 Å². The summed E-state index contributed by atoms with van der Waals surface area (Å²) in [4.78, 5) is 0. The zero-order chi connectivity index (χ0) is 9.56. The van der Waals surface area contributed by atoms with Gasteiger partial charge in [0.15, 0.2) is 0 Å². The standard InChI is InChI=1S/C8H9FO.CH5N/c1-6-5-7(10-2)3-4-8(6)9;1-2/h3-5H,1-2H3;2H2,1H3. The second-order valence-electron chi connectivity index (χ2n) is 2.12. The van der Waals surface area contributed by atoms with Crippen molar-refractivity contribution in [2.24, 2.45) is 5.73 Å². The van der Waals surface area contributed by atoms with Crippen molar-refractivity contribution < 1.29 is 9.13 Å². The maximum absolute atomic E-state index is 12.6. The van der Waals surface area contributed by atoms with Gasteiger partial charge in [0.05, 0.1) is 7.11 Å². The van der Waals surface area contributed by atoms with E-state index >= 15 is 0 Å². The molecular formula is C9H14FNO. The van der Waals surface area contributed by atoms with E-state index in [1.54, 1.807) is 26.2 Å². The monoisotopic (exact) mass is 171 g/mol. The van der Waals surface area contributed by atoms with E-state index in [1.807, 2.05) is 0 Å². The Hall–Kier alpha value is -1.09. The first-order valence-electron chi connectivity index (χ1n) is 3.62. The molecule has 1 aromatic carbocycles. The summed E-state index contributed by atoms with van der Waals surface area (Å²) in [5.41, 5.74) is 5.11. The molecule has 0 saturated heterocycles. The van der Waals surface area contributed by atoms with E-state index in [0.717, 1.165) is 0 Å². The fourth-order valence-corrected chi connectivity index (χ4v) is 0.744. The number of benzene rings is 1. The summed E-state index contributed by atoms with van der Waals surface area (Å²) in [5, 5.41) is 0. The Kier molecular flexibility index (Phi) is 5.04. The number of hydrogen-bond acceptors (Lipinski definition) is 2. The number of nitrogens with two attached hydrogens (primary N) is 1. The van der Waals surface area contributed by atoms with Crippen molar-refractivity contribution in [2.75, 3.05) is 14.2 Å². The van der Waals surface area contributed by atoms with E-state index in [-0.39, 0.29) is 5.82 Å². The van der Waals surface area contributed by atoms with Gasteiger partial charge in [0.25, 0.3) is 0 Å². The summed E-state index contributed by atoms with van der Waals surface area (Å²) in [6, 6.07) is 4.66. The van der Waals surface area contributed by atoms with Gasteiger partial charge in [0.1, 0.15) is 11.6 Å². The summed E-state index contributed by atoms with van der Waals surface area (Å²) < 4.78 is 17.5. The van der Waals surface area contributed by atoms with Crippen molar-refractivity contribution in [2.45, 2.75) is 6.92 Å². The van der Waals surface area contributed by atoms with Gasteiger partial charge in [-0.1, -0.05) is 0 Å². The molecule has 0 unspecified atom stereocenters. The first-order valence-corrected chi connectivity index (χ1v) is 3.62. The molecule has 3 heteroatoms. The maximum Gasteiger partial charge on any atom is 0.126 e. The van der Waals surface area contributed by atoms with Gasteiger partial charge in [-0.25, -0.2) is 4.39 Å². The van der Waals surface area contributed by atoms with Crippen molar-refractivity contribution in [3.63, 3.8) is 0 Å². The summed E-state index contributed by atoms with van der Waals surface area (Å²) in [6.45, 7) is 1.71. The molecule has 0 bridgehead atoms. The van der Waals surface area contributed by atoms with Crippen molar-refractivity contribution in [1.29, 1.82) is 0 Å². The minimum Gasteiger partial charge on any atom is -0.497 e. The van der Waals surface area contributed by atoms with Crippen molar-refractivity contribution in [3.05, 3.63) is 29.6 Å². The lowest BCUT2D eigenvalue weighted by Gasteiger charge is -2.00. The Labute approximate surface area is 72.2 Å². The van der Waals surface area contributed by atoms with Crippen molar-refractivity contribution in [1.82, 2.24) is 0 Å². The average Bonchev–Trinajstić information content (AvgIpc) is 2.13. The molecule has 0 spiro atoms. The molecule has 0 amide bonds. The van der Waals surface area contributed by atoms with Gasteiger partial charge < -0.3 is 10.5 Å². The van der Waals surface area contributed by atoms with Crippen LogP contribution < -0.4 is 10.5 Å². The molecule has 0 saturated carbocycles. The molecule has 0 radical (unpaired) electrons. The average molecular weight is 171 g/mol. The van der Waals surface area contributed by atoms with Gasteiger partial charge in [-0.2, -0.15) is 0 Å². The highest BCUT2D eigenvalue weighted by atomic mass is 19.1. The Morgan fingerprint density at radius 3 is 2.33 bits per heavy atom. The van der Waals surface area contributed by atoms with Gasteiger partial charge in [0.2, 0.25) is 0 Å². The van der Waals surface area contributed by atoms with Gasteiger partial charge in [0, 0.05) is 0 Å². The van der Waals surface area contributed by atoms with Crippen LogP contribution in [-0.4, -0.2) is 14.2 Å². The summed E-state index contributed by atoms with van der Waals surface area (Å²) in [5.74, 6) is 0.500. The smallest absolute Gasteiger partial charge is 0.126 e. The second-order valence-corrected chi connectivity index (χ2v) is 2.12. The third kappa shape index (κ3) is 2.88. The number of halogens is 1. The Morgan fingerprint density at radius 1 is 1.33 bits per heavy atom. The number of hydrogen-bond donors (Lipinski definition) is 1. The Morgan fingerprint density at radius 2 is 1.92 bits per heavy atom. The summed E-state index contributed by atoms with van der Waals surface area (Å²) in [6.07, 6.45) is 0. The van der Waals surface area contributed by atoms with Crippen LogP contribution >= 0.6 is 0 Å². The minimum atomic E-state index is -0.194. The molecule has 0 aliphatic rings. The van der Waals surface area contributed by atoms with Crippen LogP contribution in [-0.2, 0) is 0 Å². The molecule has 0 atom stereocenters. The van der Waals surface area contributed by atoms with E-state index in [1.165, 1.54) is 13.1 Å². The summed E-state index contributed by atoms with van der Waals surface area (Å²) in [7, 11) is 3.06. The van der Waals surface area contributed by atoms with Crippen LogP contribution in [0, 0.1) is 12.7 Å². The van der Waals surface area contributed by atoms with Gasteiger partial charge in [-0.3, -0.25) is 0 Å². The van der Waals surface area contributed by atoms with Gasteiger partial charge in [-0.15, -0.1) is 0 Å². The van der Waals surface area contributed by atoms with E-state index in [0.29, 0.717) is 11.3 Å². The molecule has 0 fully saturated rings. The van der Waals surface area contributed by atoms with Crippen LogP contribution in [0.25, 0.3) is 0 Å². The zero-order valence-electron chi connectivity index (χ0n) is 7.60. The quantitative estimate of drug-likeness (QED) is 0.698. The number of rotatable bonds is 1. The molecule has 2 N–H and O–H groups in total. The highest BCUT2D eigenvalue weighted by Gasteiger charge is 1.96. The largest absolute Gasteiger partial charge is 0.497 e. The molecule has 1 rings (SSSR count). The van der Waals surface area contributed by atoms with Gasteiger partial charge >= 0.3 is 0 Å².